The number of halogens is 1. The molecule has 0 spiro atoms. The first-order chi connectivity index (χ1) is 10.3. The molecule has 1 atom stereocenters. The average Bonchev–Trinajstić information content (AvgIpc) is 2.46. The predicted molar refractivity (Wildman–Crippen MR) is 87.1 cm³/mol. The second kappa shape index (κ2) is 6.98. The van der Waals surface area contributed by atoms with E-state index in [1.54, 1.807) is 38.4 Å². The Bertz CT molecular complexity index is 646. The number of piperidine rings is 1. The maximum Gasteiger partial charge on any atom is 0.226 e. The van der Waals surface area contributed by atoms with Crippen molar-refractivity contribution in [3.8, 4) is 0 Å². The third-order valence-electron chi connectivity index (χ3n) is 3.81. The summed E-state index contributed by atoms with van der Waals surface area (Å²) in [6.45, 7) is 0.736. The molecule has 1 saturated heterocycles. The van der Waals surface area contributed by atoms with Gasteiger partial charge < -0.3 is 4.90 Å². The molecule has 1 aromatic carbocycles. The number of rotatable bonds is 4. The standard InChI is InChI=1S/C15H21ClN2O3S/c1-17(2)15(19)13-6-4-8-18(10-13)22(20,21)11-12-5-3-7-14(16)9-12/h3,5,7,9,13H,4,6,8,10-11H2,1-2H3/t13-/m0/s1. The summed E-state index contributed by atoms with van der Waals surface area (Å²) in [5.74, 6) is -0.350. The van der Waals surface area contributed by atoms with Gasteiger partial charge in [-0.25, -0.2) is 12.7 Å². The number of carbonyl (C=O) groups excluding carboxylic acids is 1. The first-order valence-electron chi connectivity index (χ1n) is 7.23. The highest BCUT2D eigenvalue weighted by Crippen LogP contribution is 2.23. The molecule has 7 heteroatoms. The lowest BCUT2D eigenvalue weighted by Crippen LogP contribution is -2.45. The molecule has 0 bridgehead atoms. The van der Waals surface area contributed by atoms with Crippen LogP contribution in [-0.2, 0) is 20.6 Å². The van der Waals surface area contributed by atoms with E-state index in [1.807, 2.05) is 0 Å². The number of sulfonamides is 1. The van der Waals surface area contributed by atoms with Crippen molar-refractivity contribution in [3.05, 3.63) is 34.9 Å². The van der Waals surface area contributed by atoms with Gasteiger partial charge >= 0.3 is 0 Å². The average molecular weight is 345 g/mol. The van der Waals surface area contributed by atoms with E-state index in [0.717, 1.165) is 6.42 Å². The third kappa shape index (κ3) is 4.21. The zero-order valence-electron chi connectivity index (χ0n) is 12.8. The van der Waals surface area contributed by atoms with Crippen molar-refractivity contribution in [3.63, 3.8) is 0 Å². The van der Waals surface area contributed by atoms with Crippen LogP contribution in [0.5, 0.6) is 0 Å². The molecule has 1 aliphatic rings. The van der Waals surface area contributed by atoms with Crippen LogP contribution < -0.4 is 0 Å². The minimum atomic E-state index is -3.44. The Morgan fingerprint density at radius 2 is 2.14 bits per heavy atom. The molecule has 0 unspecified atom stereocenters. The highest BCUT2D eigenvalue weighted by Gasteiger charge is 2.32. The lowest BCUT2D eigenvalue weighted by molar-refractivity contribution is -0.134. The molecule has 1 heterocycles. The molecule has 1 aliphatic heterocycles. The van der Waals surface area contributed by atoms with E-state index in [1.165, 1.54) is 9.21 Å². The minimum Gasteiger partial charge on any atom is -0.349 e. The van der Waals surface area contributed by atoms with Crippen molar-refractivity contribution >= 4 is 27.5 Å². The van der Waals surface area contributed by atoms with Gasteiger partial charge in [0.2, 0.25) is 15.9 Å². The van der Waals surface area contributed by atoms with Crippen LogP contribution in [0.4, 0.5) is 0 Å². The summed E-state index contributed by atoms with van der Waals surface area (Å²) in [7, 11) is -0.0490. The van der Waals surface area contributed by atoms with Gasteiger partial charge in [0.05, 0.1) is 11.7 Å². The normalized spacial score (nSPS) is 19.9. The molecule has 0 saturated carbocycles. The van der Waals surface area contributed by atoms with Crippen molar-refractivity contribution in [2.24, 2.45) is 5.92 Å². The number of hydrogen-bond donors (Lipinski definition) is 0. The molecular formula is C15H21ClN2O3S. The summed E-state index contributed by atoms with van der Waals surface area (Å²) in [5.41, 5.74) is 0.661. The molecule has 0 aliphatic carbocycles. The Kier molecular flexibility index (Phi) is 5.47. The number of benzene rings is 1. The van der Waals surface area contributed by atoms with E-state index in [9.17, 15) is 13.2 Å². The molecule has 2 rings (SSSR count). The second-order valence-electron chi connectivity index (χ2n) is 5.82. The van der Waals surface area contributed by atoms with Crippen LogP contribution in [0.15, 0.2) is 24.3 Å². The lowest BCUT2D eigenvalue weighted by Gasteiger charge is -2.32. The fourth-order valence-corrected chi connectivity index (χ4v) is 4.50. The molecule has 0 aromatic heterocycles. The number of carbonyl (C=O) groups is 1. The third-order valence-corrected chi connectivity index (χ3v) is 5.86. The highest BCUT2D eigenvalue weighted by molar-refractivity contribution is 7.88. The van der Waals surface area contributed by atoms with Gasteiger partial charge in [0.25, 0.3) is 0 Å². The summed E-state index contributed by atoms with van der Waals surface area (Å²) in [5, 5.41) is 0.520. The van der Waals surface area contributed by atoms with Crippen molar-refractivity contribution in [1.29, 1.82) is 0 Å². The van der Waals surface area contributed by atoms with Crippen molar-refractivity contribution in [2.75, 3.05) is 27.2 Å². The molecule has 0 radical (unpaired) electrons. The fourth-order valence-electron chi connectivity index (χ4n) is 2.69. The Labute approximate surface area is 136 Å². The van der Waals surface area contributed by atoms with Crippen LogP contribution in [0.3, 0.4) is 0 Å². The summed E-state index contributed by atoms with van der Waals surface area (Å²) < 4.78 is 26.6. The van der Waals surface area contributed by atoms with Crippen molar-refractivity contribution < 1.29 is 13.2 Å². The number of nitrogens with zero attached hydrogens (tertiary/aromatic N) is 2. The van der Waals surface area contributed by atoms with Gasteiger partial charge in [-0.3, -0.25) is 4.79 Å². The van der Waals surface area contributed by atoms with E-state index in [0.29, 0.717) is 23.6 Å². The van der Waals surface area contributed by atoms with E-state index < -0.39 is 10.0 Å². The second-order valence-corrected chi connectivity index (χ2v) is 8.22. The lowest BCUT2D eigenvalue weighted by atomic mass is 9.98. The maximum absolute atomic E-state index is 12.6. The number of amides is 1. The zero-order valence-corrected chi connectivity index (χ0v) is 14.4. The zero-order chi connectivity index (χ0) is 16.3. The van der Waals surface area contributed by atoms with Crippen LogP contribution in [-0.4, -0.2) is 50.7 Å². The van der Waals surface area contributed by atoms with Crippen LogP contribution in [0.2, 0.25) is 5.02 Å². The monoisotopic (exact) mass is 344 g/mol. The first kappa shape index (κ1) is 17.2. The molecule has 1 fully saturated rings. The Hall–Kier alpha value is -1.11. The molecule has 1 amide bonds. The summed E-state index contributed by atoms with van der Waals surface area (Å²) >= 11 is 5.90. The SMILES string of the molecule is CN(C)C(=O)[C@H]1CCCN(S(=O)(=O)Cc2cccc(Cl)c2)C1. The van der Waals surface area contributed by atoms with Gasteiger partial charge in [-0.05, 0) is 30.5 Å². The van der Waals surface area contributed by atoms with Gasteiger partial charge in [0.15, 0.2) is 0 Å². The van der Waals surface area contributed by atoms with Crippen molar-refractivity contribution in [2.45, 2.75) is 18.6 Å². The molecule has 5 nitrogen and oxygen atoms in total. The van der Waals surface area contributed by atoms with Gasteiger partial charge in [0.1, 0.15) is 0 Å². The molecule has 1 aromatic rings. The Morgan fingerprint density at radius 1 is 1.41 bits per heavy atom. The molecule has 122 valence electrons. The highest BCUT2D eigenvalue weighted by atomic mass is 35.5. The van der Waals surface area contributed by atoms with Gasteiger partial charge in [-0.1, -0.05) is 23.7 Å². The van der Waals surface area contributed by atoms with E-state index >= 15 is 0 Å². The van der Waals surface area contributed by atoms with E-state index in [2.05, 4.69) is 0 Å². The summed E-state index contributed by atoms with van der Waals surface area (Å²) in [6, 6.07) is 6.85. The van der Waals surface area contributed by atoms with E-state index in [4.69, 9.17) is 11.6 Å². The quantitative estimate of drug-likeness (QED) is 0.839. The molecule has 22 heavy (non-hydrogen) atoms. The van der Waals surface area contributed by atoms with Gasteiger partial charge in [0, 0.05) is 32.2 Å². The predicted octanol–water partition coefficient (Wildman–Crippen LogP) is 1.97. The van der Waals surface area contributed by atoms with Crippen LogP contribution >= 0.6 is 11.6 Å². The van der Waals surface area contributed by atoms with Crippen LogP contribution in [0.1, 0.15) is 18.4 Å². The maximum atomic E-state index is 12.6. The first-order valence-corrected chi connectivity index (χ1v) is 9.22. The van der Waals surface area contributed by atoms with Crippen molar-refractivity contribution in [1.82, 2.24) is 9.21 Å². The Balaban J connectivity index is 2.10. The smallest absolute Gasteiger partial charge is 0.226 e. The minimum absolute atomic E-state index is 0.0114. The van der Waals surface area contributed by atoms with Crippen LogP contribution in [0.25, 0.3) is 0 Å². The fraction of sp³-hybridized carbons (Fsp3) is 0.533. The molecular weight excluding hydrogens is 324 g/mol. The summed E-state index contributed by atoms with van der Waals surface area (Å²) in [4.78, 5) is 13.6. The molecule has 0 N–H and O–H groups in total. The number of hydrogen-bond acceptors (Lipinski definition) is 3. The largest absolute Gasteiger partial charge is 0.349 e. The summed E-state index contributed by atoms with van der Waals surface area (Å²) in [6.07, 6.45) is 1.44. The van der Waals surface area contributed by atoms with Crippen LogP contribution in [0, 0.1) is 5.92 Å². The topological polar surface area (TPSA) is 57.7 Å². The van der Waals surface area contributed by atoms with E-state index in [-0.39, 0.29) is 24.1 Å². The Morgan fingerprint density at radius 3 is 2.77 bits per heavy atom. The van der Waals surface area contributed by atoms with Gasteiger partial charge in [-0.2, -0.15) is 0 Å². The van der Waals surface area contributed by atoms with Gasteiger partial charge in [-0.15, -0.1) is 0 Å².